The number of piperazine rings is 1. The van der Waals surface area contributed by atoms with E-state index in [1.165, 1.54) is 26.4 Å². The number of carbonyl (C=O) groups is 1. The number of nitrogens with one attached hydrogen (secondary N) is 3. The fourth-order valence-electron chi connectivity index (χ4n) is 4.34. The van der Waals surface area contributed by atoms with Crippen LogP contribution in [0.2, 0.25) is 0 Å². The second kappa shape index (κ2) is 8.71. The first kappa shape index (κ1) is 20.8. The predicted octanol–water partition coefficient (Wildman–Crippen LogP) is 0.706. The smallest absolute Gasteiger partial charge is 0.279 e. The molecule has 158 valence electrons. The van der Waals surface area contributed by atoms with Crippen LogP contribution in [0.15, 0.2) is 42.5 Å². The summed E-state index contributed by atoms with van der Waals surface area (Å²) >= 11 is 5.68. The molecule has 2 aromatic carbocycles. The van der Waals surface area contributed by atoms with Crippen molar-refractivity contribution in [1.82, 2.24) is 9.13 Å². The summed E-state index contributed by atoms with van der Waals surface area (Å²) in [5.74, 6) is 0.0958. The van der Waals surface area contributed by atoms with E-state index < -0.39 is 0 Å². The van der Waals surface area contributed by atoms with Crippen LogP contribution >= 0.6 is 12.2 Å². The Bertz CT molecular complexity index is 1120. The number of para-hydroxylation sites is 2. The Morgan fingerprint density at radius 1 is 1.00 bits per heavy atom. The van der Waals surface area contributed by atoms with Gasteiger partial charge in [-0.15, -0.1) is 0 Å². The van der Waals surface area contributed by atoms with E-state index in [4.69, 9.17) is 12.2 Å². The van der Waals surface area contributed by atoms with Gasteiger partial charge in [-0.05, 0) is 55.4 Å². The fraction of sp³-hybridized carbons (Fsp3) is 0.391. The summed E-state index contributed by atoms with van der Waals surface area (Å²) in [5.41, 5.74) is 5.63. The largest absolute Gasteiger partial charge is 0.321 e. The van der Waals surface area contributed by atoms with Gasteiger partial charge in [0.15, 0.2) is 18.0 Å². The Labute approximate surface area is 182 Å². The van der Waals surface area contributed by atoms with Gasteiger partial charge in [0.05, 0.1) is 11.0 Å². The SMILES string of the molecule is Cc1cccc(NC(=O)C[NH+]2CC[NH+](Cn3c(=S)n(C)c4ccccc43)CC2)c1C. The van der Waals surface area contributed by atoms with Crippen molar-refractivity contribution in [1.29, 1.82) is 0 Å². The second-order valence-corrected chi connectivity index (χ2v) is 8.75. The van der Waals surface area contributed by atoms with E-state index in [0.29, 0.717) is 6.54 Å². The van der Waals surface area contributed by atoms with Crippen LogP contribution in [-0.2, 0) is 18.5 Å². The van der Waals surface area contributed by atoms with Gasteiger partial charge in [-0.25, -0.2) is 0 Å². The lowest BCUT2D eigenvalue weighted by atomic mass is 10.1. The van der Waals surface area contributed by atoms with E-state index in [2.05, 4.69) is 58.6 Å². The number of fused-ring (bicyclic) bond motifs is 1. The normalized spacial score (nSPS) is 19.2. The molecular weight excluding hydrogens is 394 g/mol. The van der Waals surface area contributed by atoms with Gasteiger partial charge in [0.25, 0.3) is 5.91 Å². The predicted molar refractivity (Wildman–Crippen MR) is 123 cm³/mol. The number of aryl methyl sites for hydroxylation is 2. The van der Waals surface area contributed by atoms with Crippen LogP contribution in [-0.4, -0.2) is 47.8 Å². The van der Waals surface area contributed by atoms with E-state index >= 15 is 0 Å². The van der Waals surface area contributed by atoms with Crippen molar-refractivity contribution in [3.63, 3.8) is 0 Å². The monoisotopic (exact) mass is 425 g/mol. The lowest BCUT2D eigenvalue weighted by Crippen LogP contribution is -3.28. The van der Waals surface area contributed by atoms with Crippen LogP contribution in [0.4, 0.5) is 5.69 Å². The zero-order chi connectivity index (χ0) is 21.3. The molecule has 1 saturated heterocycles. The molecule has 0 spiro atoms. The van der Waals surface area contributed by atoms with E-state index in [1.54, 1.807) is 0 Å². The molecule has 3 aromatic rings. The first-order valence-corrected chi connectivity index (χ1v) is 11.0. The highest BCUT2D eigenvalue weighted by atomic mass is 32.1. The summed E-state index contributed by atoms with van der Waals surface area (Å²) in [6.07, 6.45) is 0. The first-order chi connectivity index (χ1) is 14.4. The average molecular weight is 426 g/mol. The molecule has 7 heteroatoms. The number of nitrogens with zero attached hydrogens (tertiary/aromatic N) is 2. The average Bonchev–Trinajstić information content (AvgIpc) is 2.98. The topological polar surface area (TPSA) is 47.8 Å². The molecule has 0 bridgehead atoms. The Balaban J connectivity index is 1.33. The molecule has 2 heterocycles. The van der Waals surface area contributed by atoms with Crippen LogP contribution in [0.5, 0.6) is 0 Å². The molecule has 0 saturated carbocycles. The summed E-state index contributed by atoms with van der Waals surface area (Å²) in [4.78, 5) is 15.4. The van der Waals surface area contributed by atoms with Crippen LogP contribution in [0, 0.1) is 18.6 Å². The van der Waals surface area contributed by atoms with Gasteiger partial charge in [-0.3, -0.25) is 9.36 Å². The number of aromatic nitrogens is 2. The van der Waals surface area contributed by atoms with E-state index in [-0.39, 0.29) is 5.91 Å². The molecule has 6 nitrogen and oxygen atoms in total. The van der Waals surface area contributed by atoms with Crippen molar-refractivity contribution >= 4 is 34.8 Å². The van der Waals surface area contributed by atoms with Crippen LogP contribution in [0.25, 0.3) is 11.0 Å². The summed E-state index contributed by atoms with van der Waals surface area (Å²) in [7, 11) is 2.03. The molecule has 0 radical (unpaired) electrons. The molecule has 1 aliphatic heterocycles. The Morgan fingerprint density at radius 3 is 2.40 bits per heavy atom. The number of hydrogen-bond acceptors (Lipinski definition) is 2. The van der Waals surface area contributed by atoms with Crippen molar-refractivity contribution in [3.05, 3.63) is 58.4 Å². The van der Waals surface area contributed by atoms with E-state index in [0.717, 1.165) is 48.9 Å². The van der Waals surface area contributed by atoms with Gasteiger partial charge in [0.1, 0.15) is 26.2 Å². The zero-order valence-corrected chi connectivity index (χ0v) is 18.8. The minimum absolute atomic E-state index is 0.0958. The number of imidazole rings is 1. The van der Waals surface area contributed by atoms with Gasteiger partial charge in [-0.1, -0.05) is 24.3 Å². The third kappa shape index (κ3) is 4.19. The molecule has 4 rings (SSSR count). The highest BCUT2D eigenvalue weighted by Gasteiger charge is 2.26. The molecule has 1 amide bonds. The van der Waals surface area contributed by atoms with Crippen molar-refractivity contribution < 1.29 is 14.6 Å². The van der Waals surface area contributed by atoms with Crippen molar-refractivity contribution in [2.24, 2.45) is 7.05 Å². The molecule has 1 aromatic heterocycles. The second-order valence-electron chi connectivity index (χ2n) is 8.39. The van der Waals surface area contributed by atoms with Crippen molar-refractivity contribution in [2.75, 3.05) is 38.0 Å². The maximum atomic E-state index is 12.6. The number of carbonyl (C=O) groups excluding carboxylic acids is 1. The van der Waals surface area contributed by atoms with E-state index in [1.807, 2.05) is 19.2 Å². The lowest BCUT2D eigenvalue weighted by molar-refractivity contribution is -1.02. The zero-order valence-electron chi connectivity index (χ0n) is 18.0. The number of anilines is 1. The van der Waals surface area contributed by atoms with Gasteiger partial charge in [0.2, 0.25) is 0 Å². The number of quaternary nitrogens is 2. The number of benzene rings is 2. The first-order valence-electron chi connectivity index (χ1n) is 10.6. The highest BCUT2D eigenvalue weighted by molar-refractivity contribution is 7.71. The van der Waals surface area contributed by atoms with Crippen molar-refractivity contribution in [2.45, 2.75) is 20.5 Å². The maximum Gasteiger partial charge on any atom is 0.279 e. The third-order valence-electron chi connectivity index (χ3n) is 6.39. The summed E-state index contributed by atoms with van der Waals surface area (Å²) in [5, 5.41) is 3.09. The van der Waals surface area contributed by atoms with Gasteiger partial charge in [-0.2, -0.15) is 0 Å². The minimum atomic E-state index is 0.0958. The lowest BCUT2D eigenvalue weighted by Gasteiger charge is -2.29. The minimum Gasteiger partial charge on any atom is -0.321 e. The molecule has 1 fully saturated rings. The van der Waals surface area contributed by atoms with Crippen LogP contribution in [0.1, 0.15) is 11.1 Å². The van der Waals surface area contributed by atoms with Gasteiger partial charge < -0.3 is 19.7 Å². The van der Waals surface area contributed by atoms with Crippen LogP contribution < -0.4 is 15.1 Å². The molecule has 0 aliphatic carbocycles. The molecular formula is C23H31N5OS+2. The molecule has 30 heavy (non-hydrogen) atoms. The summed E-state index contributed by atoms with van der Waals surface area (Å²) in [6, 6.07) is 14.4. The van der Waals surface area contributed by atoms with Gasteiger partial charge in [0, 0.05) is 12.7 Å². The van der Waals surface area contributed by atoms with E-state index in [9.17, 15) is 4.79 Å². The standard InChI is InChI=1S/C23H29N5OS/c1-17-7-6-8-19(18(17)2)24-22(29)15-26-11-13-27(14-12-26)16-28-21-10-5-4-9-20(21)25(3)23(28)30/h4-10H,11-16H2,1-3H3,(H,24,29)/p+2. The van der Waals surface area contributed by atoms with Crippen LogP contribution in [0.3, 0.4) is 0 Å². The third-order valence-corrected chi connectivity index (χ3v) is 6.88. The molecule has 1 aliphatic rings. The van der Waals surface area contributed by atoms with Gasteiger partial charge >= 0.3 is 0 Å². The Morgan fingerprint density at radius 2 is 1.67 bits per heavy atom. The quantitative estimate of drug-likeness (QED) is 0.528. The Hall–Kier alpha value is -2.48. The maximum absolute atomic E-state index is 12.6. The number of hydrogen-bond donors (Lipinski definition) is 3. The summed E-state index contributed by atoms with van der Waals surface area (Å²) < 4.78 is 5.20. The fourth-order valence-corrected chi connectivity index (χ4v) is 4.60. The molecule has 3 N–H and O–H groups in total. The summed E-state index contributed by atoms with van der Waals surface area (Å²) in [6.45, 7) is 9.59. The van der Waals surface area contributed by atoms with Crippen molar-refractivity contribution in [3.8, 4) is 0 Å². The molecule has 0 atom stereocenters. The number of amides is 1. The number of rotatable bonds is 5. The highest BCUT2D eigenvalue weighted by Crippen LogP contribution is 2.17. The molecule has 0 unspecified atom stereocenters. The Kier molecular flexibility index (Phi) is 6.04.